The van der Waals surface area contributed by atoms with Crippen molar-refractivity contribution in [2.75, 3.05) is 0 Å². The van der Waals surface area contributed by atoms with Gasteiger partial charge < -0.3 is 24.8 Å². The van der Waals surface area contributed by atoms with Crippen LogP contribution in [0, 0.1) is 27.6 Å². The molecule has 0 nitrogen and oxygen atoms in total. The Bertz CT molecular complexity index is 2270. The van der Waals surface area contributed by atoms with Crippen LogP contribution >= 0.6 is 69.6 Å². The molecule has 58 heavy (non-hydrogen) atoms. The molecular weight excluding hydrogens is 963 g/mol. The second-order valence-corrected chi connectivity index (χ2v) is 30.4. The van der Waals surface area contributed by atoms with Gasteiger partial charge in [-0.15, -0.1) is 0 Å². The largest absolute Gasteiger partial charge is 1.00 e. The SMILES string of the molecule is CC12C(=C3Cc4ccccc4C3=C3C=CCCC31)[C](C)([Zr+2](=[C](c1cccc(C(Cl)(Cl)Cl)c1)c1cccc(C(Cl)(Cl)Cl)c1)[CH]1C=CC=C1)C(C)(C)C(C)(C)C2(C)C.[Cl-].[Cl-]. The molecule has 306 valence electrons. The number of benzene rings is 3. The van der Waals surface area contributed by atoms with Crippen molar-refractivity contribution in [1.29, 1.82) is 0 Å². The number of hydrogen-bond acceptors (Lipinski definition) is 0. The molecule has 3 aromatic carbocycles. The molecule has 0 aromatic heterocycles. The van der Waals surface area contributed by atoms with Crippen LogP contribution in [0.1, 0.15) is 102 Å². The van der Waals surface area contributed by atoms with E-state index in [4.69, 9.17) is 69.6 Å². The molecule has 0 radical (unpaired) electrons. The fraction of sp³-hybridized carbons (Fsp3) is 0.408. The first kappa shape index (κ1) is 46.9. The summed E-state index contributed by atoms with van der Waals surface area (Å²) in [4.78, 5) is 0. The van der Waals surface area contributed by atoms with Gasteiger partial charge in [-0.3, -0.25) is 0 Å². The van der Waals surface area contributed by atoms with Gasteiger partial charge >= 0.3 is 376 Å². The van der Waals surface area contributed by atoms with Gasteiger partial charge in [-0.05, 0) is 0 Å². The molecular formula is C49H50Cl8Zr. The number of fused-ring (bicyclic) bond motifs is 6. The Hall–Kier alpha value is -0.567. The summed E-state index contributed by atoms with van der Waals surface area (Å²) in [6.45, 7) is 20.9. The minimum Gasteiger partial charge on any atom is -1.00 e. The first-order chi connectivity index (χ1) is 26.1. The maximum Gasteiger partial charge on any atom is -1.00 e. The van der Waals surface area contributed by atoms with Crippen molar-refractivity contribution < 1.29 is 46.1 Å². The summed E-state index contributed by atoms with van der Waals surface area (Å²) in [7, 11) is 0. The molecule has 0 spiro atoms. The van der Waals surface area contributed by atoms with Crippen LogP contribution in [0.15, 0.2) is 126 Å². The first-order valence-corrected chi connectivity index (χ1v) is 25.9. The van der Waals surface area contributed by atoms with E-state index < -0.39 is 28.9 Å². The van der Waals surface area contributed by atoms with Gasteiger partial charge in [0.05, 0.1) is 0 Å². The average molecular weight is 1010 g/mol. The zero-order valence-corrected chi connectivity index (χ0v) is 42.7. The average Bonchev–Trinajstić information content (AvgIpc) is 3.81. The van der Waals surface area contributed by atoms with Crippen LogP contribution < -0.4 is 24.8 Å². The normalized spacial score (nSPS) is 26.1. The third-order valence-corrected chi connectivity index (χ3v) is 27.5. The standard InChI is InChI=1S/C29H37.C15H8Cl6.C5H5.2ClH.Zr/c1-18-25-22-17-19-13-9-10-14-20(19)24(22)21-15-11-12-16-23(21)29(25,8)28(6,7)27(4,5)26(18,2)3;16-14(17,18)12-5-1-3-10(8-12)7-11-4-2-6-13(9-11)15(19,20)21;1-2-4-5-3-1;;;/h9-11,13-15,23H,12,16-17H2,1-8H3;1-6,8-9H;1-5H;2*1H;/q;;;;;+2/p-2. The molecule has 3 aromatic rings. The second-order valence-electron chi connectivity index (χ2n) is 18.5. The summed E-state index contributed by atoms with van der Waals surface area (Å²) in [6, 6.07) is 25.7. The maximum absolute atomic E-state index is 6.69. The van der Waals surface area contributed by atoms with E-state index in [2.05, 4.69) is 140 Å². The van der Waals surface area contributed by atoms with E-state index in [1.165, 1.54) is 25.5 Å². The minimum atomic E-state index is -3.38. The molecule has 0 aliphatic heterocycles. The number of hydrogen-bond donors (Lipinski definition) is 0. The molecule has 0 amide bonds. The van der Waals surface area contributed by atoms with Gasteiger partial charge in [-0.25, -0.2) is 0 Å². The Kier molecular flexibility index (Phi) is 12.9. The van der Waals surface area contributed by atoms with Gasteiger partial charge in [-0.2, -0.15) is 0 Å². The Balaban J connectivity index is 0.00000283. The molecule has 5 aliphatic carbocycles. The fourth-order valence-electron chi connectivity index (χ4n) is 12.0. The van der Waals surface area contributed by atoms with Crippen LogP contribution in [0.2, 0.25) is 6.75 Å². The van der Waals surface area contributed by atoms with Crippen LogP contribution in [0.5, 0.6) is 0 Å². The summed E-state index contributed by atoms with van der Waals surface area (Å²) in [6.07, 6.45) is 17.5. The van der Waals surface area contributed by atoms with Gasteiger partial charge in [0.1, 0.15) is 0 Å². The summed E-state index contributed by atoms with van der Waals surface area (Å²) in [5.41, 5.74) is 12.0. The minimum absolute atomic E-state index is 0. The van der Waals surface area contributed by atoms with Gasteiger partial charge in [0.15, 0.2) is 0 Å². The number of rotatable bonds is 4. The van der Waals surface area contributed by atoms with Crippen LogP contribution in [-0.2, 0) is 35.3 Å². The second kappa shape index (κ2) is 15.9. The van der Waals surface area contributed by atoms with E-state index >= 15 is 0 Å². The molecule has 9 heteroatoms. The predicted octanol–water partition coefficient (Wildman–Crippen LogP) is 10.0. The van der Waals surface area contributed by atoms with Crippen LogP contribution in [0.25, 0.3) is 5.57 Å². The third-order valence-electron chi connectivity index (χ3n) is 16.1. The van der Waals surface area contributed by atoms with E-state index in [0.717, 1.165) is 30.4 Å². The number of alkyl halides is 6. The molecule has 3 unspecified atom stereocenters. The third kappa shape index (κ3) is 6.71. The summed E-state index contributed by atoms with van der Waals surface area (Å²) in [5, 5.41) is 0. The molecule has 0 N–H and O–H groups in total. The molecule has 0 heterocycles. The summed E-state index contributed by atoms with van der Waals surface area (Å²) in [5.74, 6) is 0.375. The van der Waals surface area contributed by atoms with Crippen molar-refractivity contribution in [2.45, 2.75) is 89.0 Å². The summed E-state index contributed by atoms with van der Waals surface area (Å²) < 4.78 is -1.85. The molecule has 3 atom stereocenters. The number of halogens is 8. The zero-order valence-electron chi connectivity index (χ0n) is 34.2. The van der Waals surface area contributed by atoms with Crippen molar-refractivity contribution in [3.63, 3.8) is 0 Å². The zero-order chi connectivity index (χ0) is 40.4. The van der Waals surface area contributed by atoms with Crippen molar-refractivity contribution >= 4 is 78.4 Å². The Morgan fingerprint density at radius 1 is 0.672 bits per heavy atom. The van der Waals surface area contributed by atoms with Gasteiger partial charge in [0, 0.05) is 0 Å². The van der Waals surface area contributed by atoms with Crippen molar-refractivity contribution in [3.05, 3.63) is 159 Å². The number of allylic oxidation sites excluding steroid dienone is 10. The smallest absolute Gasteiger partial charge is 1.00 e. The molecule has 5 aliphatic rings. The van der Waals surface area contributed by atoms with Gasteiger partial charge in [0.2, 0.25) is 0 Å². The van der Waals surface area contributed by atoms with E-state index in [-0.39, 0.29) is 53.2 Å². The van der Waals surface area contributed by atoms with E-state index in [9.17, 15) is 0 Å². The molecule has 8 rings (SSSR count). The van der Waals surface area contributed by atoms with Crippen LogP contribution in [-0.4, -0.2) is 3.21 Å². The van der Waals surface area contributed by atoms with Crippen molar-refractivity contribution in [3.8, 4) is 0 Å². The van der Waals surface area contributed by atoms with E-state index in [1.807, 2.05) is 24.3 Å². The molecule has 0 bridgehead atoms. The fourth-order valence-corrected chi connectivity index (χ4v) is 24.2. The van der Waals surface area contributed by atoms with Crippen LogP contribution in [0.3, 0.4) is 0 Å². The molecule has 1 saturated carbocycles. The maximum atomic E-state index is 6.69. The molecule has 1 fully saturated rings. The Morgan fingerprint density at radius 2 is 1.22 bits per heavy atom. The van der Waals surface area contributed by atoms with E-state index in [0.29, 0.717) is 17.0 Å². The van der Waals surface area contributed by atoms with E-state index in [1.54, 1.807) is 11.1 Å². The Morgan fingerprint density at radius 3 is 1.78 bits per heavy atom. The topological polar surface area (TPSA) is 0 Å². The summed E-state index contributed by atoms with van der Waals surface area (Å²) >= 11 is 36.7. The van der Waals surface area contributed by atoms with Crippen molar-refractivity contribution in [1.82, 2.24) is 0 Å². The van der Waals surface area contributed by atoms with Crippen molar-refractivity contribution in [2.24, 2.45) is 27.6 Å². The predicted molar refractivity (Wildman–Crippen MR) is 240 cm³/mol. The van der Waals surface area contributed by atoms with Gasteiger partial charge in [-0.1, -0.05) is 0 Å². The monoisotopic (exact) mass is 1010 g/mol. The van der Waals surface area contributed by atoms with Crippen LogP contribution in [0.4, 0.5) is 0 Å². The Labute approximate surface area is 396 Å². The first-order valence-electron chi connectivity index (χ1n) is 19.8. The van der Waals surface area contributed by atoms with Gasteiger partial charge in [0.25, 0.3) is 0 Å². The molecule has 0 saturated heterocycles. The quantitative estimate of drug-likeness (QED) is 0.229.